The summed E-state index contributed by atoms with van der Waals surface area (Å²) in [5.41, 5.74) is 13.7. The van der Waals surface area contributed by atoms with Gasteiger partial charge in [-0.2, -0.15) is 0 Å². The Bertz CT molecular complexity index is 833. The summed E-state index contributed by atoms with van der Waals surface area (Å²) in [5, 5.41) is 0. The smallest absolute Gasteiger partial charge is 0.140 e. The standard InChI is InChI=1S/C15H12BrN3/c1-8-4-11(17)7-19-13-6-9-5-10(16)2-3-12(9)14(13)18-15(8)19/h2-5,7H,6,17H2,1H3. The minimum atomic E-state index is 0.780. The van der Waals surface area contributed by atoms with Gasteiger partial charge >= 0.3 is 0 Å². The molecule has 0 saturated heterocycles. The highest BCUT2D eigenvalue weighted by Crippen LogP contribution is 2.38. The number of halogens is 1. The van der Waals surface area contributed by atoms with Crippen LogP contribution < -0.4 is 5.73 Å². The molecule has 1 aliphatic rings. The normalized spacial score (nSPS) is 12.7. The van der Waals surface area contributed by atoms with Crippen molar-refractivity contribution >= 4 is 27.3 Å². The van der Waals surface area contributed by atoms with Crippen LogP contribution in [0.25, 0.3) is 16.9 Å². The van der Waals surface area contributed by atoms with Gasteiger partial charge < -0.3 is 10.1 Å². The number of anilines is 1. The van der Waals surface area contributed by atoms with Crippen LogP contribution in [0.1, 0.15) is 16.8 Å². The van der Waals surface area contributed by atoms with Gasteiger partial charge in [-0.3, -0.25) is 0 Å². The monoisotopic (exact) mass is 313 g/mol. The largest absolute Gasteiger partial charge is 0.398 e. The van der Waals surface area contributed by atoms with Crippen molar-refractivity contribution in [3.05, 3.63) is 51.8 Å². The topological polar surface area (TPSA) is 43.3 Å². The zero-order chi connectivity index (χ0) is 13.1. The zero-order valence-electron chi connectivity index (χ0n) is 10.4. The van der Waals surface area contributed by atoms with Crippen molar-refractivity contribution in [1.82, 2.24) is 9.38 Å². The molecule has 2 aromatic heterocycles. The van der Waals surface area contributed by atoms with Gasteiger partial charge in [0, 0.05) is 28.3 Å². The van der Waals surface area contributed by atoms with Gasteiger partial charge in [0.2, 0.25) is 0 Å². The second-order valence-corrected chi connectivity index (χ2v) is 5.95. The second kappa shape index (κ2) is 3.61. The lowest BCUT2D eigenvalue weighted by Gasteiger charge is -2.04. The lowest BCUT2D eigenvalue weighted by atomic mass is 10.1. The molecule has 4 rings (SSSR count). The maximum atomic E-state index is 5.95. The average molecular weight is 314 g/mol. The van der Waals surface area contributed by atoms with E-state index in [2.05, 4.69) is 45.5 Å². The minimum absolute atomic E-state index is 0.780. The Morgan fingerprint density at radius 2 is 2.16 bits per heavy atom. The number of nitrogens with zero attached hydrogens (tertiary/aromatic N) is 2. The summed E-state index contributed by atoms with van der Waals surface area (Å²) in [7, 11) is 0. The number of imidazole rings is 1. The first kappa shape index (κ1) is 11.1. The number of hydrogen-bond acceptors (Lipinski definition) is 2. The first-order valence-corrected chi connectivity index (χ1v) is 6.98. The molecule has 0 atom stereocenters. The van der Waals surface area contributed by atoms with Gasteiger partial charge in [0.15, 0.2) is 0 Å². The van der Waals surface area contributed by atoms with Crippen LogP contribution in [-0.4, -0.2) is 9.38 Å². The summed E-state index contributed by atoms with van der Waals surface area (Å²) in [6.07, 6.45) is 2.88. The first-order chi connectivity index (χ1) is 9.13. The molecule has 2 N–H and O–H groups in total. The summed E-state index contributed by atoms with van der Waals surface area (Å²) in [6.45, 7) is 2.05. The average Bonchev–Trinajstić information content (AvgIpc) is 2.85. The van der Waals surface area contributed by atoms with Crippen LogP contribution in [0.15, 0.2) is 34.9 Å². The number of nitrogens with two attached hydrogens (primary N) is 1. The lowest BCUT2D eigenvalue weighted by Crippen LogP contribution is -1.97. The fourth-order valence-corrected chi connectivity index (χ4v) is 3.30. The number of aryl methyl sites for hydroxylation is 1. The zero-order valence-corrected chi connectivity index (χ0v) is 12.0. The van der Waals surface area contributed by atoms with Crippen LogP contribution in [0, 0.1) is 6.92 Å². The molecule has 0 aliphatic heterocycles. The van der Waals surface area contributed by atoms with Crippen molar-refractivity contribution in [3.8, 4) is 11.3 Å². The molecule has 0 saturated carbocycles. The molecule has 0 bridgehead atoms. The van der Waals surface area contributed by atoms with Gasteiger partial charge in [-0.05, 0) is 36.2 Å². The molecular weight excluding hydrogens is 302 g/mol. The van der Waals surface area contributed by atoms with Crippen LogP contribution in [-0.2, 0) is 6.42 Å². The van der Waals surface area contributed by atoms with Gasteiger partial charge in [-0.1, -0.05) is 22.0 Å². The molecule has 1 aromatic carbocycles. The highest BCUT2D eigenvalue weighted by molar-refractivity contribution is 9.10. The Labute approximate surface area is 119 Å². The summed E-state index contributed by atoms with van der Waals surface area (Å²) in [4.78, 5) is 4.80. The molecule has 94 valence electrons. The van der Waals surface area contributed by atoms with Gasteiger partial charge in [0.1, 0.15) is 5.65 Å². The third-order valence-electron chi connectivity index (χ3n) is 3.70. The van der Waals surface area contributed by atoms with E-state index >= 15 is 0 Å². The van der Waals surface area contributed by atoms with E-state index in [-0.39, 0.29) is 0 Å². The summed E-state index contributed by atoms with van der Waals surface area (Å²) < 4.78 is 3.25. The van der Waals surface area contributed by atoms with Crippen molar-refractivity contribution in [2.24, 2.45) is 0 Å². The van der Waals surface area contributed by atoms with Crippen molar-refractivity contribution in [3.63, 3.8) is 0 Å². The van der Waals surface area contributed by atoms with Crippen molar-refractivity contribution in [1.29, 1.82) is 0 Å². The van der Waals surface area contributed by atoms with Crippen molar-refractivity contribution < 1.29 is 0 Å². The van der Waals surface area contributed by atoms with E-state index in [0.717, 1.165) is 33.5 Å². The maximum absolute atomic E-state index is 5.95. The molecule has 3 nitrogen and oxygen atoms in total. The summed E-state index contributed by atoms with van der Waals surface area (Å²) >= 11 is 3.52. The molecule has 3 aromatic rings. The molecule has 0 unspecified atom stereocenters. The molecule has 19 heavy (non-hydrogen) atoms. The van der Waals surface area contributed by atoms with Crippen LogP contribution >= 0.6 is 15.9 Å². The van der Waals surface area contributed by atoms with E-state index in [9.17, 15) is 0 Å². The summed E-state index contributed by atoms with van der Waals surface area (Å²) in [6, 6.07) is 8.35. The van der Waals surface area contributed by atoms with E-state index < -0.39 is 0 Å². The van der Waals surface area contributed by atoms with Crippen LogP contribution in [0.3, 0.4) is 0 Å². The predicted molar refractivity (Wildman–Crippen MR) is 80.3 cm³/mol. The number of rotatable bonds is 0. The predicted octanol–water partition coefficient (Wildman–Crippen LogP) is 3.56. The Balaban J connectivity index is 2.07. The fourth-order valence-electron chi connectivity index (χ4n) is 2.89. The van der Waals surface area contributed by atoms with Crippen molar-refractivity contribution in [2.45, 2.75) is 13.3 Å². The number of fused-ring (bicyclic) bond motifs is 5. The SMILES string of the molecule is Cc1cc(N)cn2c3c(nc12)-c1ccc(Br)cc1C3. The molecule has 2 heterocycles. The summed E-state index contributed by atoms with van der Waals surface area (Å²) in [5.74, 6) is 0. The third-order valence-corrected chi connectivity index (χ3v) is 4.20. The maximum Gasteiger partial charge on any atom is 0.140 e. The molecule has 0 radical (unpaired) electrons. The van der Waals surface area contributed by atoms with Crippen LogP contribution in [0.2, 0.25) is 0 Å². The molecule has 4 heteroatoms. The molecule has 1 aliphatic carbocycles. The van der Waals surface area contributed by atoms with E-state index in [0.29, 0.717) is 0 Å². The lowest BCUT2D eigenvalue weighted by molar-refractivity contribution is 1.04. The van der Waals surface area contributed by atoms with Gasteiger partial charge in [-0.25, -0.2) is 4.98 Å². The Morgan fingerprint density at radius 1 is 1.32 bits per heavy atom. The first-order valence-electron chi connectivity index (χ1n) is 6.19. The minimum Gasteiger partial charge on any atom is -0.398 e. The van der Waals surface area contributed by atoms with Gasteiger partial charge in [-0.15, -0.1) is 0 Å². The van der Waals surface area contributed by atoms with E-state index in [1.165, 1.54) is 16.8 Å². The number of benzene rings is 1. The number of aromatic nitrogens is 2. The number of pyridine rings is 1. The van der Waals surface area contributed by atoms with Crippen molar-refractivity contribution in [2.75, 3.05) is 5.73 Å². The van der Waals surface area contributed by atoms with E-state index in [4.69, 9.17) is 10.7 Å². The van der Waals surface area contributed by atoms with E-state index in [1.807, 2.05) is 12.3 Å². The Morgan fingerprint density at radius 3 is 3.00 bits per heavy atom. The van der Waals surface area contributed by atoms with Crippen LogP contribution in [0.4, 0.5) is 5.69 Å². The Kier molecular flexibility index (Phi) is 2.10. The molecule has 0 amide bonds. The molecular formula is C15H12BrN3. The van der Waals surface area contributed by atoms with Crippen LogP contribution in [0.5, 0.6) is 0 Å². The third kappa shape index (κ3) is 1.46. The van der Waals surface area contributed by atoms with Gasteiger partial charge in [0.05, 0.1) is 11.4 Å². The number of hydrogen-bond donors (Lipinski definition) is 1. The highest BCUT2D eigenvalue weighted by atomic mass is 79.9. The Hall–Kier alpha value is -1.81. The quantitative estimate of drug-likeness (QED) is 0.539. The highest BCUT2D eigenvalue weighted by Gasteiger charge is 2.24. The van der Waals surface area contributed by atoms with Gasteiger partial charge in [0.25, 0.3) is 0 Å². The molecule has 0 fully saturated rings. The second-order valence-electron chi connectivity index (χ2n) is 5.04. The number of nitrogen functional groups attached to an aromatic ring is 1. The van der Waals surface area contributed by atoms with E-state index in [1.54, 1.807) is 0 Å². The molecule has 0 spiro atoms. The fraction of sp³-hybridized carbons (Fsp3) is 0.133.